The molecule has 0 radical (unpaired) electrons. The molecular formula is C26H18BClN4O6. The van der Waals surface area contributed by atoms with E-state index >= 15 is 0 Å². The quantitative estimate of drug-likeness (QED) is 0.219. The van der Waals surface area contributed by atoms with E-state index in [0.717, 1.165) is 11.6 Å². The Balaban J connectivity index is 0.000000212. The second kappa shape index (κ2) is 14.5. The summed E-state index contributed by atoms with van der Waals surface area (Å²) in [5, 5.41) is 55.6. The van der Waals surface area contributed by atoms with Gasteiger partial charge in [-0.25, -0.2) is 0 Å². The molecule has 0 aromatic heterocycles. The molecule has 0 aliphatic heterocycles. The van der Waals surface area contributed by atoms with Crippen molar-refractivity contribution < 1.29 is 19.9 Å². The predicted molar refractivity (Wildman–Crippen MR) is 142 cm³/mol. The zero-order chi connectivity index (χ0) is 28.1. The van der Waals surface area contributed by atoms with E-state index in [1.54, 1.807) is 54.6 Å². The summed E-state index contributed by atoms with van der Waals surface area (Å²) in [6.07, 6.45) is 0. The topological polar surface area (TPSA) is 174 Å². The largest absolute Gasteiger partial charge is 0.488 e. The molecule has 10 nitrogen and oxygen atoms in total. The van der Waals surface area contributed by atoms with Crippen LogP contribution in [0.5, 0.6) is 0 Å². The minimum atomic E-state index is -1.34. The molecule has 0 spiro atoms. The summed E-state index contributed by atoms with van der Waals surface area (Å²) in [6.45, 7) is 0. The molecule has 0 fully saturated rings. The summed E-state index contributed by atoms with van der Waals surface area (Å²) >= 11 is 5.50. The maximum Gasteiger partial charge on any atom is 0.488 e. The van der Waals surface area contributed by atoms with Gasteiger partial charge in [-0.05, 0) is 35.3 Å². The van der Waals surface area contributed by atoms with Crippen molar-refractivity contribution in [2.75, 3.05) is 0 Å². The minimum absolute atomic E-state index is 0.0407. The van der Waals surface area contributed by atoms with E-state index in [1.807, 2.05) is 30.3 Å². The first-order valence-corrected chi connectivity index (χ1v) is 11.0. The molecule has 0 aliphatic rings. The third-order valence-corrected chi connectivity index (χ3v) is 5.10. The van der Waals surface area contributed by atoms with E-state index in [0.29, 0.717) is 11.0 Å². The van der Waals surface area contributed by atoms with E-state index in [2.05, 4.69) is 0 Å². The Kier molecular flexibility index (Phi) is 11.1. The molecular weight excluding hydrogens is 511 g/mol. The second-order valence-corrected chi connectivity index (χ2v) is 7.69. The molecule has 0 atom stereocenters. The summed E-state index contributed by atoms with van der Waals surface area (Å²) in [5.41, 5.74) is 2.05. The van der Waals surface area contributed by atoms with Crippen LogP contribution in [-0.2, 0) is 0 Å². The summed E-state index contributed by atoms with van der Waals surface area (Å²) in [5.74, 6) is 0. The standard InChI is InChI=1S/C13H8N2O2.C7H3ClN2O2.C6H7BO2/c14-9-10-6-7-12(13(8-10)15(16)17)11-4-2-1-3-5-11;8-6-2-1-5(4-9)3-7(6)10(11)12;8-7(9)6-4-2-1-3-5-6/h1-8H;1-3H;1-5,8-9H. The van der Waals surface area contributed by atoms with Crippen LogP contribution in [0, 0.1) is 42.9 Å². The van der Waals surface area contributed by atoms with E-state index in [4.69, 9.17) is 32.2 Å². The third-order valence-electron chi connectivity index (χ3n) is 4.78. The summed E-state index contributed by atoms with van der Waals surface area (Å²) in [7, 11) is -1.34. The van der Waals surface area contributed by atoms with Crippen LogP contribution in [0.3, 0.4) is 0 Å². The number of rotatable bonds is 4. The Morgan fingerprint density at radius 2 is 1.18 bits per heavy atom. The first-order chi connectivity index (χ1) is 18.2. The van der Waals surface area contributed by atoms with Gasteiger partial charge in [0.1, 0.15) is 5.02 Å². The Morgan fingerprint density at radius 3 is 1.63 bits per heavy atom. The van der Waals surface area contributed by atoms with Gasteiger partial charge in [-0.1, -0.05) is 72.3 Å². The molecule has 0 bridgehead atoms. The van der Waals surface area contributed by atoms with Gasteiger partial charge in [0.2, 0.25) is 0 Å². The third kappa shape index (κ3) is 8.55. The molecule has 4 rings (SSSR count). The number of benzene rings is 4. The van der Waals surface area contributed by atoms with Crippen molar-refractivity contribution >= 4 is 35.6 Å². The zero-order valence-electron chi connectivity index (χ0n) is 19.5. The average Bonchev–Trinajstić information content (AvgIpc) is 2.94. The molecule has 0 aliphatic carbocycles. The molecule has 0 saturated carbocycles. The minimum Gasteiger partial charge on any atom is -0.423 e. The maximum absolute atomic E-state index is 11.0. The van der Waals surface area contributed by atoms with Crippen LogP contribution in [0.1, 0.15) is 11.1 Å². The molecule has 0 heterocycles. The van der Waals surface area contributed by atoms with Crippen LogP contribution in [0.4, 0.5) is 11.4 Å². The maximum atomic E-state index is 11.0. The lowest BCUT2D eigenvalue weighted by molar-refractivity contribution is -0.384. The number of nitro benzene ring substituents is 2. The van der Waals surface area contributed by atoms with Gasteiger partial charge < -0.3 is 10.0 Å². The van der Waals surface area contributed by atoms with Crippen molar-refractivity contribution in [3.63, 3.8) is 0 Å². The Morgan fingerprint density at radius 1 is 0.711 bits per heavy atom. The first-order valence-electron chi connectivity index (χ1n) is 10.7. The first kappa shape index (κ1) is 29.2. The Labute approximate surface area is 222 Å². The van der Waals surface area contributed by atoms with Gasteiger partial charge in [-0.3, -0.25) is 20.2 Å². The van der Waals surface area contributed by atoms with Crippen molar-refractivity contribution in [3.8, 4) is 23.3 Å². The van der Waals surface area contributed by atoms with Crippen molar-refractivity contribution in [2.24, 2.45) is 0 Å². The number of nitro groups is 2. The zero-order valence-corrected chi connectivity index (χ0v) is 20.3. The van der Waals surface area contributed by atoms with Crippen LogP contribution in [0.15, 0.2) is 97.1 Å². The summed E-state index contributed by atoms with van der Waals surface area (Å²) in [6, 6.07) is 29.8. The van der Waals surface area contributed by atoms with Crippen molar-refractivity contribution in [2.45, 2.75) is 0 Å². The lowest BCUT2D eigenvalue weighted by Gasteiger charge is -2.03. The molecule has 0 unspecified atom stereocenters. The molecule has 2 N–H and O–H groups in total. The highest BCUT2D eigenvalue weighted by Crippen LogP contribution is 2.30. The number of nitrogens with zero attached hydrogens (tertiary/aromatic N) is 4. The smallest absolute Gasteiger partial charge is 0.423 e. The molecule has 4 aromatic rings. The monoisotopic (exact) mass is 528 g/mol. The van der Waals surface area contributed by atoms with Gasteiger partial charge in [0.25, 0.3) is 11.4 Å². The number of hydrogen-bond donors (Lipinski definition) is 2. The Bertz CT molecular complexity index is 1490. The van der Waals surface area contributed by atoms with Gasteiger partial charge in [-0.2, -0.15) is 10.5 Å². The summed E-state index contributed by atoms with van der Waals surface area (Å²) in [4.78, 5) is 20.2. The van der Waals surface area contributed by atoms with Gasteiger partial charge >= 0.3 is 7.12 Å². The van der Waals surface area contributed by atoms with Crippen LogP contribution in [-0.4, -0.2) is 27.0 Å². The number of hydrogen-bond acceptors (Lipinski definition) is 8. The van der Waals surface area contributed by atoms with Gasteiger partial charge in [0.15, 0.2) is 0 Å². The highest BCUT2D eigenvalue weighted by molar-refractivity contribution is 6.58. The van der Waals surface area contributed by atoms with Crippen molar-refractivity contribution in [1.29, 1.82) is 10.5 Å². The molecule has 38 heavy (non-hydrogen) atoms. The fourth-order valence-electron chi connectivity index (χ4n) is 2.96. The SMILES string of the molecule is N#Cc1ccc(-c2ccccc2)c([N+](=O)[O-])c1.N#Cc1ccc(Cl)c([N+](=O)[O-])c1.OB(O)c1ccccc1. The molecule has 188 valence electrons. The van der Waals surface area contributed by atoms with E-state index < -0.39 is 17.0 Å². The summed E-state index contributed by atoms with van der Waals surface area (Å²) < 4.78 is 0. The Hall–Kier alpha value is -5.07. The fraction of sp³-hybridized carbons (Fsp3) is 0. The highest BCUT2D eigenvalue weighted by Gasteiger charge is 2.16. The van der Waals surface area contributed by atoms with Crippen LogP contribution in [0.25, 0.3) is 11.1 Å². The lowest BCUT2D eigenvalue weighted by atomic mass is 9.81. The van der Waals surface area contributed by atoms with Crippen LogP contribution in [0.2, 0.25) is 5.02 Å². The predicted octanol–water partition coefficient (Wildman–Crippen LogP) is 4.62. The van der Waals surface area contributed by atoms with E-state index in [-0.39, 0.29) is 27.5 Å². The van der Waals surface area contributed by atoms with E-state index in [1.165, 1.54) is 18.2 Å². The fourth-order valence-corrected chi connectivity index (χ4v) is 3.15. The molecule has 0 amide bonds. The van der Waals surface area contributed by atoms with Gasteiger partial charge in [0.05, 0.1) is 38.7 Å². The van der Waals surface area contributed by atoms with Crippen molar-refractivity contribution in [1.82, 2.24) is 0 Å². The molecule has 0 saturated heterocycles. The molecule has 12 heteroatoms. The average molecular weight is 529 g/mol. The highest BCUT2D eigenvalue weighted by atomic mass is 35.5. The second-order valence-electron chi connectivity index (χ2n) is 7.29. The van der Waals surface area contributed by atoms with E-state index in [9.17, 15) is 20.2 Å². The van der Waals surface area contributed by atoms with Gasteiger partial charge in [0, 0.05) is 12.1 Å². The van der Waals surface area contributed by atoms with Crippen LogP contribution < -0.4 is 5.46 Å². The normalized spacial score (nSPS) is 9.29. The van der Waals surface area contributed by atoms with Gasteiger partial charge in [-0.15, -0.1) is 0 Å². The molecule has 4 aromatic carbocycles. The number of nitriles is 2. The lowest BCUT2D eigenvalue weighted by Crippen LogP contribution is -2.29. The van der Waals surface area contributed by atoms with Crippen LogP contribution >= 0.6 is 11.6 Å². The van der Waals surface area contributed by atoms with Crippen molar-refractivity contribution in [3.05, 3.63) is 133 Å². The number of halogens is 1.